The van der Waals surface area contributed by atoms with Crippen LogP contribution >= 0.6 is 0 Å². The number of rotatable bonds is 4. The molecule has 9 nitrogen and oxygen atoms in total. The highest BCUT2D eigenvalue weighted by molar-refractivity contribution is 5.86. The van der Waals surface area contributed by atoms with Crippen molar-refractivity contribution in [3.63, 3.8) is 0 Å². The highest BCUT2D eigenvalue weighted by Gasteiger charge is 2.13. The number of nitrogens with zero attached hydrogens (tertiary/aromatic N) is 5. The molecule has 0 saturated heterocycles. The van der Waals surface area contributed by atoms with Gasteiger partial charge in [0, 0.05) is 10.9 Å². The molecule has 0 radical (unpaired) electrons. The summed E-state index contributed by atoms with van der Waals surface area (Å²) in [5.41, 5.74) is 2.68. The molecule has 0 aliphatic carbocycles. The molecule has 4 aromatic rings. The van der Waals surface area contributed by atoms with Crippen molar-refractivity contribution in [3.05, 3.63) is 48.4 Å². The van der Waals surface area contributed by atoms with Gasteiger partial charge in [-0.15, -0.1) is 5.10 Å². The molecule has 0 saturated carbocycles. The Bertz CT molecular complexity index is 1020. The van der Waals surface area contributed by atoms with E-state index in [0.717, 1.165) is 16.5 Å². The van der Waals surface area contributed by atoms with Crippen molar-refractivity contribution in [1.82, 2.24) is 30.2 Å². The van der Waals surface area contributed by atoms with Crippen LogP contribution in [0.4, 0.5) is 0 Å². The van der Waals surface area contributed by atoms with Gasteiger partial charge in [0.2, 0.25) is 5.89 Å². The minimum absolute atomic E-state index is 0.123. The van der Waals surface area contributed by atoms with Gasteiger partial charge in [0.05, 0.1) is 25.0 Å². The van der Waals surface area contributed by atoms with Crippen molar-refractivity contribution in [3.8, 4) is 11.3 Å². The number of carbonyl (C=O) groups is 1. The molecule has 3 heterocycles. The zero-order chi connectivity index (χ0) is 16.5. The lowest BCUT2D eigenvalue weighted by atomic mass is 10.1. The van der Waals surface area contributed by atoms with E-state index in [1.165, 1.54) is 13.4 Å². The summed E-state index contributed by atoms with van der Waals surface area (Å²) in [6.45, 7) is 0.260. The first-order valence-electron chi connectivity index (χ1n) is 7.09. The van der Waals surface area contributed by atoms with Crippen LogP contribution in [-0.2, 0) is 11.3 Å². The van der Waals surface area contributed by atoms with Crippen LogP contribution < -0.4 is 0 Å². The quantitative estimate of drug-likeness (QED) is 0.568. The standard InChI is InChI=1S/C15H12N6O3/c1-23-15(22)13-8-24-14(17-13)7-21-6-12(19-20-21)9-2-3-10-5-16-18-11(10)4-9/h2-6,8H,7H2,1H3,(H,16,18). The molecular formula is C15H12N6O3. The Labute approximate surface area is 135 Å². The number of aromatic amines is 1. The zero-order valence-corrected chi connectivity index (χ0v) is 12.6. The second kappa shape index (κ2) is 5.61. The zero-order valence-electron chi connectivity index (χ0n) is 12.6. The molecule has 9 heteroatoms. The van der Waals surface area contributed by atoms with Gasteiger partial charge in [0.1, 0.15) is 18.5 Å². The summed E-state index contributed by atoms with van der Waals surface area (Å²) in [5, 5.41) is 16.2. The van der Waals surface area contributed by atoms with Gasteiger partial charge in [-0.25, -0.2) is 14.5 Å². The Balaban J connectivity index is 1.56. The average molecular weight is 324 g/mol. The molecule has 0 bridgehead atoms. The SMILES string of the molecule is COC(=O)c1coc(Cn2cc(-c3ccc4cn[nH]c4c3)nn2)n1. The molecule has 1 aromatic carbocycles. The van der Waals surface area contributed by atoms with Crippen molar-refractivity contribution in [2.24, 2.45) is 0 Å². The first-order valence-corrected chi connectivity index (χ1v) is 7.09. The molecule has 4 rings (SSSR count). The van der Waals surface area contributed by atoms with Crippen LogP contribution in [0.15, 0.2) is 41.3 Å². The van der Waals surface area contributed by atoms with Crippen molar-refractivity contribution in [2.45, 2.75) is 6.54 Å². The summed E-state index contributed by atoms with van der Waals surface area (Å²) in [6.07, 6.45) is 4.79. The molecule has 0 atom stereocenters. The fourth-order valence-corrected chi connectivity index (χ4v) is 2.32. The van der Waals surface area contributed by atoms with E-state index in [1.807, 2.05) is 18.2 Å². The Kier molecular flexibility index (Phi) is 3.30. The second-order valence-electron chi connectivity index (χ2n) is 5.09. The normalized spacial score (nSPS) is 11.0. The van der Waals surface area contributed by atoms with Crippen LogP contribution in [0.5, 0.6) is 0 Å². The molecule has 0 aliphatic rings. The average Bonchev–Trinajstić information content (AvgIpc) is 3.34. The maximum absolute atomic E-state index is 11.4. The third-order valence-corrected chi connectivity index (χ3v) is 3.52. The number of ether oxygens (including phenoxy) is 1. The number of carbonyl (C=O) groups excluding carboxylic acids is 1. The van der Waals surface area contributed by atoms with Crippen LogP contribution in [0.25, 0.3) is 22.2 Å². The van der Waals surface area contributed by atoms with E-state index < -0.39 is 5.97 Å². The number of hydrogen-bond acceptors (Lipinski definition) is 7. The van der Waals surface area contributed by atoms with Crippen LogP contribution in [0.1, 0.15) is 16.4 Å². The second-order valence-corrected chi connectivity index (χ2v) is 5.09. The van der Waals surface area contributed by atoms with Gasteiger partial charge in [-0.1, -0.05) is 17.3 Å². The van der Waals surface area contributed by atoms with Gasteiger partial charge in [-0.2, -0.15) is 5.10 Å². The van der Waals surface area contributed by atoms with Gasteiger partial charge >= 0.3 is 5.97 Å². The van der Waals surface area contributed by atoms with E-state index in [4.69, 9.17) is 4.42 Å². The van der Waals surface area contributed by atoms with E-state index in [0.29, 0.717) is 11.6 Å². The van der Waals surface area contributed by atoms with Crippen molar-refractivity contribution in [2.75, 3.05) is 7.11 Å². The number of H-pyrrole nitrogens is 1. The van der Waals surface area contributed by atoms with Crippen LogP contribution in [0, 0.1) is 0 Å². The summed E-state index contributed by atoms with van der Waals surface area (Å²) < 4.78 is 11.4. The fraction of sp³-hybridized carbons (Fsp3) is 0.133. The highest BCUT2D eigenvalue weighted by atomic mass is 16.5. The third kappa shape index (κ3) is 2.51. The van der Waals surface area contributed by atoms with Gasteiger partial charge < -0.3 is 9.15 Å². The summed E-state index contributed by atoms with van der Waals surface area (Å²) in [6, 6.07) is 5.87. The maximum Gasteiger partial charge on any atom is 0.360 e. The summed E-state index contributed by atoms with van der Waals surface area (Å²) in [4.78, 5) is 15.4. The molecule has 0 unspecified atom stereocenters. The molecule has 120 valence electrons. The number of fused-ring (bicyclic) bond motifs is 1. The Morgan fingerprint density at radius 2 is 2.33 bits per heavy atom. The number of esters is 1. The Morgan fingerprint density at radius 3 is 3.21 bits per heavy atom. The van der Waals surface area contributed by atoms with E-state index in [1.54, 1.807) is 17.1 Å². The predicted octanol–water partition coefficient (Wildman–Crippen LogP) is 1.64. The van der Waals surface area contributed by atoms with Crippen molar-refractivity contribution >= 4 is 16.9 Å². The lowest BCUT2D eigenvalue weighted by molar-refractivity contribution is 0.0594. The minimum Gasteiger partial charge on any atom is -0.464 e. The fourth-order valence-electron chi connectivity index (χ4n) is 2.32. The minimum atomic E-state index is -0.544. The number of methoxy groups -OCH3 is 1. The number of benzene rings is 1. The Hall–Kier alpha value is -3.49. The number of aromatic nitrogens is 6. The van der Waals surface area contributed by atoms with E-state index in [-0.39, 0.29) is 12.2 Å². The van der Waals surface area contributed by atoms with Gasteiger partial charge in [-0.3, -0.25) is 5.10 Å². The first-order chi connectivity index (χ1) is 11.7. The smallest absolute Gasteiger partial charge is 0.360 e. The van der Waals surface area contributed by atoms with E-state index >= 15 is 0 Å². The van der Waals surface area contributed by atoms with E-state index in [2.05, 4.69) is 30.2 Å². The Morgan fingerprint density at radius 1 is 1.42 bits per heavy atom. The lowest BCUT2D eigenvalue weighted by Crippen LogP contribution is -2.04. The third-order valence-electron chi connectivity index (χ3n) is 3.52. The lowest BCUT2D eigenvalue weighted by Gasteiger charge is -1.96. The monoisotopic (exact) mass is 324 g/mol. The van der Waals surface area contributed by atoms with Crippen molar-refractivity contribution in [1.29, 1.82) is 0 Å². The van der Waals surface area contributed by atoms with Gasteiger partial charge in [0.15, 0.2) is 5.69 Å². The van der Waals surface area contributed by atoms with Crippen LogP contribution in [0.3, 0.4) is 0 Å². The summed E-state index contributed by atoms with van der Waals surface area (Å²) >= 11 is 0. The molecule has 24 heavy (non-hydrogen) atoms. The predicted molar refractivity (Wildman–Crippen MR) is 82.1 cm³/mol. The molecule has 1 N–H and O–H groups in total. The first kappa shape index (κ1) is 14.1. The van der Waals surface area contributed by atoms with Crippen molar-refractivity contribution < 1.29 is 13.9 Å². The molecule has 0 fully saturated rings. The number of hydrogen-bond donors (Lipinski definition) is 1. The topological polar surface area (TPSA) is 112 Å². The molecule has 0 spiro atoms. The maximum atomic E-state index is 11.4. The molecule has 0 amide bonds. The summed E-state index contributed by atoms with van der Waals surface area (Å²) in [5.74, 6) is -0.201. The van der Waals surface area contributed by atoms with Gasteiger partial charge in [-0.05, 0) is 6.07 Å². The number of nitrogens with one attached hydrogen (secondary N) is 1. The number of oxazole rings is 1. The van der Waals surface area contributed by atoms with E-state index in [9.17, 15) is 4.79 Å². The molecule has 3 aromatic heterocycles. The van der Waals surface area contributed by atoms with Crippen LogP contribution in [0.2, 0.25) is 0 Å². The van der Waals surface area contributed by atoms with Crippen LogP contribution in [-0.4, -0.2) is 43.3 Å². The highest BCUT2D eigenvalue weighted by Crippen LogP contribution is 2.21. The largest absolute Gasteiger partial charge is 0.464 e. The summed E-state index contributed by atoms with van der Waals surface area (Å²) in [7, 11) is 1.29. The molecular weight excluding hydrogens is 312 g/mol. The van der Waals surface area contributed by atoms with Gasteiger partial charge in [0.25, 0.3) is 0 Å². The molecule has 0 aliphatic heterocycles.